The Morgan fingerprint density at radius 2 is 0.985 bits per heavy atom. The van der Waals surface area contributed by atoms with Crippen molar-refractivity contribution in [1.82, 2.24) is 4.57 Å². The van der Waals surface area contributed by atoms with Crippen LogP contribution in [0.2, 0.25) is 0 Å². The number of hydrogen-bond acceptors (Lipinski definition) is 1. The van der Waals surface area contributed by atoms with Crippen LogP contribution < -0.4 is 4.90 Å². The van der Waals surface area contributed by atoms with Crippen LogP contribution in [0.25, 0.3) is 72.0 Å². The first kappa shape index (κ1) is 38.7. The minimum atomic E-state index is -0.122. The zero-order chi connectivity index (χ0) is 43.5. The molecule has 0 spiro atoms. The van der Waals surface area contributed by atoms with Crippen molar-refractivity contribution >= 4 is 33.2 Å². The van der Waals surface area contributed by atoms with Gasteiger partial charge in [0, 0.05) is 39.0 Å². The van der Waals surface area contributed by atoms with E-state index in [9.17, 15) is 0 Å². The van der Waals surface area contributed by atoms with E-state index in [1.807, 2.05) is 0 Å². The van der Waals surface area contributed by atoms with E-state index in [0.717, 1.165) is 5.69 Å². The lowest BCUT2D eigenvalue weighted by Gasteiger charge is -2.39. The van der Waals surface area contributed by atoms with E-state index in [4.69, 9.17) is 0 Å². The summed E-state index contributed by atoms with van der Waals surface area (Å²) in [5.74, 6) is -0.00744. The fourth-order valence-corrected chi connectivity index (χ4v) is 11.1. The molecule has 0 fully saturated rings. The zero-order valence-electron chi connectivity index (χ0n) is 36.6. The lowest BCUT2D eigenvalue weighted by molar-refractivity contribution is 0.660. The smallest absolute Gasteiger partial charge is 0.0629 e. The standard InChI is InChI=1S/C63H48N2/c1-63(2)54-36-17-13-33-52(54)61-51(35-21-37-55(61)63)50-32-15-19-39-57(50)65(60-42-22-41-59-62(60)53-34-16-20-40-58(53)64(59)44-25-7-4-8-26-44)56-38-18-14-31-49(56)48-30-12-11-29-47(48)46-28-10-9-27-45(46)43-23-5-3-6-24-43/h3-42,49,56H,1-2H3. The van der Waals surface area contributed by atoms with Crippen LogP contribution in [0.15, 0.2) is 243 Å². The Kier molecular flexibility index (Phi) is 9.35. The maximum Gasteiger partial charge on any atom is 0.0629 e. The topological polar surface area (TPSA) is 8.17 Å². The summed E-state index contributed by atoms with van der Waals surface area (Å²) in [7, 11) is 0. The summed E-state index contributed by atoms with van der Waals surface area (Å²) in [4.78, 5) is 2.68. The van der Waals surface area contributed by atoms with Crippen molar-refractivity contribution in [2.24, 2.45) is 0 Å². The summed E-state index contributed by atoms with van der Waals surface area (Å²) in [6, 6.07) is 80.4. The number of benzene rings is 9. The van der Waals surface area contributed by atoms with Crippen molar-refractivity contribution in [3.63, 3.8) is 0 Å². The van der Waals surface area contributed by atoms with Crippen LogP contribution >= 0.6 is 0 Å². The second-order valence-electron chi connectivity index (χ2n) is 17.9. The highest BCUT2D eigenvalue weighted by molar-refractivity contribution is 6.16. The molecular weight excluding hydrogens is 785 g/mol. The quantitative estimate of drug-likeness (QED) is 0.148. The molecule has 2 aliphatic rings. The highest BCUT2D eigenvalue weighted by Gasteiger charge is 2.38. The van der Waals surface area contributed by atoms with Crippen LogP contribution in [0.3, 0.4) is 0 Å². The number of nitrogens with zero attached hydrogens (tertiary/aromatic N) is 2. The Bertz CT molecular complexity index is 3480. The third-order valence-electron chi connectivity index (χ3n) is 14.0. The minimum Gasteiger partial charge on any atom is -0.332 e. The van der Waals surface area contributed by atoms with Crippen molar-refractivity contribution in [3.8, 4) is 50.2 Å². The summed E-state index contributed by atoms with van der Waals surface area (Å²) >= 11 is 0. The molecule has 9 aromatic carbocycles. The molecule has 0 radical (unpaired) electrons. The van der Waals surface area contributed by atoms with Crippen LogP contribution in [-0.4, -0.2) is 10.6 Å². The summed E-state index contributed by atoms with van der Waals surface area (Å²) in [5.41, 5.74) is 19.8. The van der Waals surface area contributed by atoms with E-state index in [-0.39, 0.29) is 17.4 Å². The van der Waals surface area contributed by atoms with Crippen molar-refractivity contribution in [3.05, 3.63) is 259 Å². The molecule has 1 heterocycles. The normalized spacial score (nSPS) is 15.8. The van der Waals surface area contributed by atoms with Gasteiger partial charge < -0.3 is 9.47 Å². The van der Waals surface area contributed by atoms with Gasteiger partial charge in [-0.25, -0.2) is 0 Å². The first-order valence-corrected chi connectivity index (χ1v) is 22.9. The van der Waals surface area contributed by atoms with Gasteiger partial charge in [-0.05, 0) is 92.0 Å². The maximum atomic E-state index is 2.68. The van der Waals surface area contributed by atoms with Crippen molar-refractivity contribution in [2.45, 2.75) is 31.2 Å². The molecule has 0 amide bonds. The minimum absolute atomic E-state index is 0.00744. The molecule has 12 rings (SSSR count). The third-order valence-corrected chi connectivity index (χ3v) is 14.0. The monoisotopic (exact) mass is 832 g/mol. The van der Waals surface area contributed by atoms with Gasteiger partial charge in [0.05, 0.1) is 22.8 Å². The lowest BCUT2D eigenvalue weighted by Crippen LogP contribution is -2.36. The third kappa shape index (κ3) is 6.24. The Hall–Kier alpha value is -7.94. The molecule has 2 unspecified atom stereocenters. The molecule has 2 nitrogen and oxygen atoms in total. The molecule has 0 N–H and O–H groups in total. The SMILES string of the molecule is CC1(C)c2ccccc2-c2c(-c3ccccc3N(c3cccc4c3c3ccccc3n4-c3ccccc3)C3C=CC=CC3c3ccccc3-c3ccccc3-c3ccccc3)cccc21. The highest BCUT2D eigenvalue weighted by atomic mass is 15.2. The Morgan fingerprint density at radius 1 is 0.415 bits per heavy atom. The fraction of sp³-hybridized carbons (Fsp3) is 0.0794. The first-order chi connectivity index (χ1) is 32.1. The summed E-state index contributed by atoms with van der Waals surface area (Å²) in [5, 5.41) is 2.46. The van der Waals surface area contributed by atoms with Gasteiger partial charge in [0.1, 0.15) is 0 Å². The van der Waals surface area contributed by atoms with Gasteiger partial charge in [-0.15, -0.1) is 0 Å². The van der Waals surface area contributed by atoms with E-state index >= 15 is 0 Å². The van der Waals surface area contributed by atoms with E-state index in [0.29, 0.717) is 0 Å². The molecule has 2 heteroatoms. The summed E-state index contributed by atoms with van der Waals surface area (Å²) in [6.45, 7) is 4.75. The molecule has 2 aliphatic carbocycles. The molecule has 0 bridgehead atoms. The fourth-order valence-electron chi connectivity index (χ4n) is 11.1. The van der Waals surface area contributed by atoms with Crippen LogP contribution in [0.4, 0.5) is 11.4 Å². The number of para-hydroxylation sites is 3. The van der Waals surface area contributed by atoms with E-state index in [2.05, 4.69) is 266 Å². The molecule has 0 saturated heterocycles. The van der Waals surface area contributed by atoms with Crippen LogP contribution in [0.1, 0.15) is 36.5 Å². The summed E-state index contributed by atoms with van der Waals surface area (Å²) in [6.07, 6.45) is 9.36. The Morgan fingerprint density at radius 3 is 1.82 bits per heavy atom. The molecule has 310 valence electrons. The molecule has 1 aromatic heterocycles. The largest absolute Gasteiger partial charge is 0.332 e. The van der Waals surface area contributed by atoms with Crippen LogP contribution in [0.5, 0.6) is 0 Å². The van der Waals surface area contributed by atoms with Crippen molar-refractivity contribution < 1.29 is 0 Å². The van der Waals surface area contributed by atoms with Crippen molar-refractivity contribution in [2.75, 3.05) is 4.90 Å². The predicted molar refractivity (Wildman–Crippen MR) is 274 cm³/mol. The summed E-state index contributed by atoms with van der Waals surface area (Å²) < 4.78 is 2.44. The maximum absolute atomic E-state index is 2.68. The number of allylic oxidation sites excluding steroid dienone is 2. The van der Waals surface area contributed by atoms with Crippen LogP contribution in [0, 0.1) is 0 Å². The first-order valence-electron chi connectivity index (χ1n) is 22.9. The highest BCUT2D eigenvalue weighted by Crippen LogP contribution is 2.54. The second-order valence-corrected chi connectivity index (χ2v) is 17.9. The average molecular weight is 833 g/mol. The molecule has 2 atom stereocenters. The Labute approximate surface area is 381 Å². The molecule has 0 saturated carbocycles. The van der Waals surface area contributed by atoms with E-state index < -0.39 is 0 Å². The molecular formula is C63H48N2. The van der Waals surface area contributed by atoms with Gasteiger partial charge in [0.2, 0.25) is 0 Å². The predicted octanol–water partition coefficient (Wildman–Crippen LogP) is 16.5. The van der Waals surface area contributed by atoms with Gasteiger partial charge in [-0.1, -0.05) is 220 Å². The number of aromatic nitrogens is 1. The average Bonchev–Trinajstić information content (AvgIpc) is 3.84. The zero-order valence-corrected chi connectivity index (χ0v) is 36.6. The second kappa shape index (κ2) is 15.7. The van der Waals surface area contributed by atoms with Gasteiger partial charge in [0.15, 0.2) is 0 Å². The molecule has 0 aliphatic heterocycles. The van der Waals surface area contributed by atoms with Crippen LogP contribution in [-0.2, 0) is 5.41 Å². The molecule has 65 heavy (non-hydrogen) atoms. The van der Waals surface area contributed by atoms with Gasteiger partial charge >= 0.3 is 0 Å². The lowest BCUT2D eigenvalue weighted by atomic mass is 9.80. The Balaban J connectivity index is 1.14. The number of anilines is 2. The number of rotatable bonds is 8. The molecule has 10 aromatic rings. The van der Waals surface area contributed by atoms with Gasteiger partial charge in [-0.2, -0.15) is 0 Å². The van der Waals surface area contributed by atoms with Gasteiger partial charge in [-0.3, -0.25) is 0 Å². The van der Waals surface area contributed by atoms with Crippen molar-refractivity contribution in [1.29, 1.82) is 0 Å². The number of fused-ring (bicyclic) bond motifs is 6. The van der Waals surface area contributed by atoms with E-state index in [1.165, 1.54) is 94.4 Å². The number of hydrogen-bond donors (Lipinski definition) is 0. The van der Waals surface area contributed by atoms with E-state index in [1.54, 1.807) is 0 Å². The van der Waals surface area contributed by atoms with Gasteiger partial charge in [0.25, 0.3) is 0 Å².